The van der Waals surface area contributed by atoms with Crippen molar-refractivity contribution in [1.29, 1.82) is 0 Å². The second kappa shape index (κ2) is 8.57. The zero-order valence-electron chi connectivity index (χ0n) is 16.3. The molecule has 0 aliphatic carbocycles. The minimum Gasteiger partial charge on any atom is -0.342 e. The first-order chi connectivity index (χ1) is 13.3. The summed E-state index contributed by atoms with van der Waals surface area (Å²) >= 11 is 0. The number of hydrogen-bond donors (Lipinski definition) is 1. The second-order valence-corrected chi connectivity index (χ2v) is 9.58. The van der Waals surface area contributed by atoms with Crippen LogP contribution in [0.3, 0.4) is 0 Å². The summed E-state index contributed by atoms with van der Waals surface area (Å²) in [5.41, 5.74) is 1.36. The molecule has 1 aliphatic heterocycles. The fourth-order valence-corrected chi connectivity index (χ4v) is 5.39. The van der Waals surface area contributed by atoms with E-state index in [0.29, 0.717) is 49.9 Å². The second-order valence-electron chi connectivity index (χ2n) is 7.36. The van der Waals surface area contributed by atoms with Gasteiger partial charge in [-0.1, -0.05) is 0 Å². The predicted molar refractivity (Wildman–Crippen MR) is 106 cm³/mol. The number of hydrogen-bond acceptors (Lipinski definition) is 5. The molecule has 1 aliphatic rings. The van der Waals surface area contributed by atoms with E-state index in [1.54, 1.807) is 11.0 Å². The van der Waals surface area contributed by atoms with Crippen molar-refractivity contribution in [2.24, 2.45) is 0 Å². The molecule has 2 aromatic rings. The Hall–Kier alpha value is -2.00. The summed E-state index contributed by atoms with van der Waals surface area (Å²) in [5.74, 6) is 0.866. The molecule has 1 atom stereocenters. The Bertz CT molecular complexity index is 944. The number of fused-ring (bicyclic) bond motifs is 1. The molecule has 0 radical (unpaired) electrons. The van der Waals surface area contributed by atoms with Crippen molar-refractivity contribution in [2.45, 2.75) is 32.2 Å². The van der Waals surface area contributed by atoms with E-state index in [2.05, 4.69) is 9.97 Å². The average Bonchev–Trinajstić information content (AvgIpc) is 3.22. The van der Waals surface area contributed by atoms with Gasteiger partial charge in [0, 0.05) is 38.5 Å². The van der Waals surface area contributed by atoms with Crippen molar-refractivity contribution >= 4 is 26.8 Å². The lowest BCUT2D eigenvalue weighted by molar-refractivity contribution is -0.131. The number of nitrogens with zero attached hydrogens (tertiary/aromatic N) is 3. The van der Waals surface area contributed by atoms with Gasteiger partial charge in [0.25, 0.3) is 0 Å². The Balaban J connectivity index is 1.50. The highest BCUT2D eigenvalue weighted by Crippen LogP contribution is 2.17. The Kier molecular flexibility index (Phi) is 6.34. The molecule has 154 valence electrons. The summed E-state index contributed by atoms with van der Waals surface area (Å²) < 4.78 is 36.5. The highest BCUT2D eigenvalue weighted by Gasteiger charge is 2.30. The van der Waals surface area contributed by atoms with Crippen LogP contribution in [0.15, 0.2) is 18.2 Å². The normalized spacial score (nSPS) is 18.8. The van der Waals surface area contributed by atoms with Gasteiger partial charge >= 0.3 is 0 Å². The predicted octanol–water partition coefficient (Wildman–Crippen LogP) is 1.60. The van der Waals surface area contributed by atoms with Crippen LogP contribution in [0.4, 0.5) is 4.39 Å². The quantitative estimate of drug-likeness (QED) is 0.714. The van der Waals surface area contributed by atoms with Gasteiger partial charge in [-0.25, -0.2) is 17.8 Å². The highest BCUT2D eigenvalue weighted by atomic mass is 32.2. The molecule has 3 rings (SSSR count). The first-order valence-corrected chi connectivity index (χ1v) is 11.4. The number of aromatic amines is 1. The summed E-state index contributed by atoms with van der Waals surface area (Å²) in [6, 6.07) is 4.42. The van der Waals surface area contributed by atoms with Crippen LogP contribution in [0.25, 0.3) is 11.0 Å². The molecule has 1 fully saturated rings. The molecule has 0 saturated carbocycles. The molecule has 1 aromatic heterocycles. The van der Waals surface area contributed by atoms with E-state index < -0.39 is 9.84 Å². The Labute approximate surface area is 164 Å². The maximum Gasteiger partial charge on any atom is 0.223 e. The first kappa shape index (κ1) is 20.7. The minimum absolute atomic E-state index is 0.00354. The van der Waals surface area contributed by atoms with Crippen molar-refractivity contribution in [3.63, 3.8) is 0 Å². The monoisotopic (exact) mass is 410 g/mol. The molecular weight excluding hydrogens is 383 g/mol. The topological polar surface area (TPSA) is 86.4 Å². The number of benzene rings is 1. The van der Waals surface area contributed by atoms with Gasteiger partial charge < -0.3 is 14.8 Å². The number of likely N-dealkylation sites (N-methyl/N-ethyl adjacent to an activating group) is 1. The van der Waals surface area contributed by atoms with Crippen LogP contribution in [-0.2, 0) is 21.1 Å². The molecule has 1 unspecified atom stereocenters. The summed E-state index contributed by atoms with van der Waals surface area (Å²) in [6.45, 7) is 3.59. The highest BCUT2D eigenvalue weighted by molar-refractivity contribution is 7.91. The van der Waals surface area contributed by atoms with E-state index in [-0.39, 0.29) is 29.3 Å². The molecule has 9 heteroatoms. The third-order valence-corrected chi connectivity index (χ3v) is 7.11. The first-order valence-electron chi connectivity index (χ1n) is 9.60. The smallest absolute Gasteiger partial charge is 0.223 e. The molecule has 1 N–H and O–H groups in total. The largest absolute Gasteiger partial charge is 0.342 e. The Morgan fingerprint density at radius 2 is 2.14 bits per heavy atom. The zero-order valence-corrected chi connectivity index (χ0v) is 17.1. The van der Waals surface area contributed by atoms with Crippen LogP contribution in [0.1, 0.15) is 25.6 Å². The molecule has 1 aromatic carbocycles. The van der Waals surface area contributed by atoms with Crippen molar-refractivity contribution < 1.29 is 17.6 Å². The number of aromatic nitrogens is 2. The lowest BCUT2D eigenvalue weighted by Crippen LogP contribution is -2.38. The fraction of sp³-hybridized carbons (Fsp3) is 0.579. The van der Waals surface area contributed by atoms with Crippen LogP contribution in [-0.4, -0.2) is 78.3 Å². The van der Waals surface area contributed by atoms with Crippen LogP contribution in [0.5, 0.6) is 0 Å². The molecule has 1 saturated heterocycles. The van der Waals surface area contributed by atoms with E-state index in [1.807, 2.05) is 18.9 Å². The third-order valence-electron chi connectivity index (χ3n) is 5.36. The van der Waals surface area contributed by atoms with Gasteiger partial charge in [-0.05, 0) is 38.6 Å². The number of amides is 1. The maximum absolute atomic E-state index is 13.3. The number of H-pyrrole nitrogens is 1. The lowest BCUT2D eigenvalue weighted by Gasteiger charge is -2.25. The zero-order chi connectivity index (χ0) is 20.3. The number of carbonyl (C=O) groups is 1. The summed E-state index contributed by atoms with van der Waals surface area (Å²) in [4.78, 5) is 23.8. The molecular formula is C19H27FN4O3S. The van der Waals surface area contributed by atoms with E-state index >= 15 is 0 Å². The molecule has 0 bridgehead atoms. The van der Waals surface area contributed by atoms with Gasteiger partial charge in [0.05, 0.1) is 22.5 Å². The summed E-state index contributed by atoms with van der Waals surface area (Å²) in [7, 11) is -1.05. The minimum atomic E-state index is -2.92. The standard InChI is InChI=1S/C19H27FN4O3S/c1-3-24(10-6-18-21-16-5-4-14(20)12-17(16)22-18)19(25)7-9-23(2)15-8-11-28(26,27)13-15/h4-5,12,15H,3,6-11,13H2,1-2H3,(H,21,22). The van der Waals surface area contributed by atoms with E-state index in [0.717, 1.165) is 5.82 Å². The van der Waals surface area contributed by atoms with Crippen LogP contribution in [0.2, 0.25) is 0 Å². The molecule has 2 heterocycles. The number of imidazole rings is 1. The van der Waals surface area contributed by atoms with Gasteiger partial charge in [0.2, 0.25) is 5.91 Å². The number of carbonyl (C=O) groups excluding carboxylic acids is 1. The third kappa shape index (κ3) is 5.08. The SMILES string of the molecule is CCN(CCc1nc2ccc(F)cc2[nH]1)C(=O)CCN(C)C1CCS(=O)(=O)C1. The van der Waals surface area contributed by atoms with Crippen molar-refractivity contribution in [3.8, 4) is 0 Å². The molecule has 0 spiro atoms. The molecule has 7 nitrogen and oxygen atoms in total. The van der Waals surface area contributed by atoms with Gasteiger partial charge in [-0.3, -0.25) is 4.79 Å². The summed E-state index contributed by atoms with van der Waals surface area (Å²) in [5, 5.41) is 0. The van der Waals surface area contributed by atoms with Crippen molar-refractivity contribution in [1.82, 2.24) is 19.8 Å². The number of rotatable bonds is 8. The van der Waals surface area contributed by atoms with Gasteiger partial charge in [0.15, 0.2) is 9.84 Å². The fourth-order valence-electron chi connectivity index (χ4n) is 3.59. The Morgan fingerprint density at radius 1 is 1.36 bits per heavy atom. The van der Waals surface area contributed by atoms with E-state index in [1.165, 1.54) is 12.1 Å². The molecule has 1 amide bonds. The van der Waals surface area contributed by atoms with Gasteiger partial charge in [0.1, 0.15) is 11.6 Å². The van der Waals surface area contributed by atoms with Gasteiger partial charge in [-0.2, -0.15) is 0 Å². The van der Waals surface area contributed by atoms with E-state index in [9.17, 15) is 17.6 Å². The van der Waals surface area contributed by atoms with Crippen molar-refractivity contribution in [3.05, 3.63) is 29.8 Å². The number of nitrogens with one attached hydrogen (secondary N) is 1. The van der Waals surface area contributed by atoms with Crippen LogP contribution in [0, 0.1) is 5.82 Å². The number of halogens is 1. The lowest BCUT2D eigenvalue weighted by atomic mass is 10.2. The van der Waals surface area contributed by atoms with Gasteiger partial charge in [-0.15, -0.1) is 0 Å². The Morgan fingerprint density at radius 3 is 2.82 bits per heavy atom. The van der Waals surface area contributed by atoms with Crippen LogP contribution >= 0.6 is 0 Å². The number of sulfone groups is 1. The average molecular weight is 411 g/mol. The van der Waals surface area contributed by atoms with Crippen molar-refractivity contribution in [2.75, 3.05) is 38.2 Å². The molecule has 28 heavy (non-hydrogen) atoms. The maximum atomic E-state index is 13.3. The van der Waals surface area contributed by atoms with Crippen LogP contribution < -0.4 is 0 Å². The van der Waals surface area contributed by atoms with E-state index in [4.69, 9.17) is 0 Å². The summed E-state index contributed by atoms with van der Waals surface area (Å²) in [6.07, 6.45) is 1.55.